The van der Waals surface area contributed by atoms with E-state index < -0.39 is 0 Å². The first-order chi connectivity index (χ1) is 12.1. The van der Waals surface area contributed by atoms with Crippen molar-refractivity contribution in [3.05, 3.63) is 47.6 Å². The Bertz CT molecular complexity index is 844. The predicted octanol–water partition coefficient (Wildman–Crippen LogP) is 2.57. The highest BCUT2D eigenvalue weighted by atomic mass is 32.1. The summed E-state index contributed by atoms with van der Waals surface area (Å²) < 4.78 is 1.90. The maximum atomic E-state index is 11.7. The number of nitrogens with one attached hydrogen (secondary N) is 3. The van der Waals surface area contributed by atoms with Gasteiger partial charge in [0, 0.05) is 31.5 Å². The molecule has 0 fully saturated rings. The highest BCUT2D eigenvalue weighted by molar-refractivity contribution is 7.14. The van der Waals surface area contributed by atoms with Crippen molar-refractivity contribution in [2.45, 2.75) is 13.8 Å². The first-order valence-corrected chi connectivity index (χ1v) is 8.68. The number of aryl methyl sites for hydroxylation is 2. The Hall–Kier alpha value is -2.94. The van der Waals surface area contributed by atoms with E-state index in [1.54, 1.807) is 6.20 Å². The van der Waals surface area contributed by atoms with Gasteiger partial charge in [-0.3, -0.25) is 9.88 Å². The van der Waals surface area contributed by atoms with Crippen molar-refractivity contribution in [2.24, 2.45) is 0 Å². The highest BCUT2D eigenvalue weighted by Crippen LogP contribution is 2.14. The molecule has 2 amide bonds. The average molecular weight is 357 g/mol. The third kappa shape index (κ3) is 4.54. The van der Waals surface area contributed by atoms with Gasteiger partial charge in [-0.15, -0.1) is 11.3 Å². The highest BCUT2D eigenvalue weighted by Gasteiger charge is 2.06. The van der Waals surface area contributed by atoms with Crippen molar-refractivity contribution >= 4 is 28.2 Å². The molecule has 0 atom stereocenters. The molecule has 8 nitrogen and oxygen atoms in total. The molecule has 0 spiro atoms. The van der Waals surface area contributed by atoms with Crippen LogP contribution < -0.4 is 16.0 Å². The maximum absolute atomic E-state index is 11.7. The minimum absolute atomic E-state index is 0.224. The van der Waals surface area contributed by atoms with Crippen LogP contribution in [0.2, 0.25) is 0 Å². The Kier molecular flexibility index (Phi) is 5.24. The molecule has 0 unspecified atom stereocenters. The molecule has 0 aliphatic carbocycles. The van der Waals surface area contributed by atoms with Gasteiger partial charge in [0.15, 0.2) is 0 Å². The number of hydrogen-bond acceptors (Lipinski definition) is 6. The number of hydrogen-bond donors (Lipinski definition) is 3. The van der Waals surface area contributed by atoms with Crippen LogP contribution in [0.15, 0.2) is 36.0 Å². The largest absolute Gasteiger partial charge is 0.368 e. The van der Waals surface area contributed by atoms with Gasteiger partial charge in [0.2, 0.25) is 0 Å². The van der Waals surface area contributed by atoms with Crippen LogP contribution in [0.4, 0.5) is 15.6 Å². The molecule has 0 radical (unpaired) electrons. The molecule has 0 aliphatic heterocycles. The zero-order valence-corrected chi connectivity index (χ0v) is 14.8. The van der Waals surface area contributed by atoms with Crippen molar-refractivity contribution in [3.63, 3.8) is 0 Å². The second-order valence-electron chi connectivity index (χ2n) is 5.29. The minimum Gasteiger partial charge on any atom is -0.368 e. The number of nitrogens with zero attached hydrogens (tertiary/aromatic N) is 4. The number of amides is 2. The summed E-state index contributed by atoms with van der Waals surface area (Å²) in [5, 5.41) is 11.5. The van der Waals surface area contributed by atoms with E-state index in [4.69, 9.17) is 0 Å². The molecule has 0 aromatic carbocycles. The summed E-state index contributed by atoms with van der Waals surface area (Å²) in [6.07, 6.45) is 3.59. The Morgan fingerprint density at radius 3 is 2.88 bits per heavy atom. The lowest BCUT2D eigenvalue weighted by Crippen LogP contribution is -2.32. The monoisotopic (exact) mass is 357 g/mol. The summed E-state index contributed by atoms with van der Waals surface area (Å²) >= 11 is 1.48. The molecule has 130 valence electrons. The molecule has 3 heterocycles. The second kappa shape index (κ2) is 7.75. The van der Waals surface area contributed by atoms with Crippen molar-refractivity contribution in [3.8, 4) is 5.82 Å². The number of aromatic nitrogens is 4. The lowest BCUT2D eigenvalue weighted by Gasteiger charge is -2.10. The number of carbonyl (C=O) groups excluding carboxylic acids is 1. The third-order valence-electron chi connectivity index (χ3n) is 3.37. The van der Waals surface area contributed by atoms with Crippen molar-refractivity contribution in [1.82, 2.24) is 24.8 Å². The third-order valence-corrected chi connectivity index (χ3v) is 4.16. The van der Waals surface area contributed by atoms with E-state index >= 15 is 0 Å². The molecule has 3 rings (SSSR count). The van der Waals surface area contributed by atoms with E-state index in [2.05, 4.69) is 30.9 Å². The molecule has 3 aromatic heterocycles. The fraction of sp³-hybridized carbons (Fsp3) is 0.250. The van der Waals surface area contributed by atoms with Crippen LogP contribution in [-0.4, -0.2) is 38.6 Å². The maximum Gasteiger partial charge on any atom is 0.319 e. The number of rotatable bonds is 6. The Balaban J connectivity index is 1.52. The molecule has 0 saturated heterocycles. The molecule has 9 heteroatoms. The number of thiophene rings is 1. The number of carbonyl (C=O) groups is 1. The van der Waals surface area contributed by atoms with Crippen LogP contribution in [0.1, 0.15) is 11.6 Å². The van der Waals surface area contributed by atoms with Gasteiger partial charge in [0.25, 0.3) is 0 Å². The number of anilines is 2. The smallest absolute Gasteiger partial charge is 0.319 e. The van der Waals surface area contributed by atoms with E-state index in [9.17, 15) is 4.79 Å². The van der Waals surface area contributed by atoms with Crippen LogP contribution >= 0.6 is 11.3 Å². The summed E-state index contributed by atoms with van der Waals surface area (Å²) in [7, 11) is 0. The topological polar surface area (TPSA) is 96.8 Å². The van der Waals surface area contributed by atoms with Gasteiger partial charge < -0.3 is 10.6 Å². The predicted molar refractivity (Wildman–Crippen MR) is 98.5 cm³/mol. The quantitative estimate of drug-likeness (QED) is 0.589. The van der Waals surface area contributed by atoms with E-state index in [-0.39, 0.29) is 6.03 Å². The van der Waals surface area contributed by atoms with Gasteiger partial charge in [-0.05, 0) is 31.4 Å². The summed E-state index contributed by atoms with van der Waals surface area (Å²) in [5.41, 5.74) is 0. The van der Waals surface area contributed by atoms with Crippen LogP contribution in [0.3, 0.4) is 0 Å². The van der Waals surface area contributed by atoms with E-state index in [1.165, 1.54) is 11.3 Å². The Morgan fingerprint density at radius 2 is 2.16 bits per heavy atom. The Morgan fingerprint density at radius 1 is 1.28 bits per heavy atom. The van der Waals surface area contributed by atoms with Crippen molar-refractivity contribution in [1.29, 1.82) is 0 Å². The van der Waals surface area contributed by atoms with Crippen LogP contribution in [-0.2, 0) is 0 Å². The fourth-order valence-corrected chi connectivity index (χ4v) is 2.87. The standard InChI is InChI=1S/C16H19N7OS/c1-11-20-13(10-14(21-11)23-8-7-17-12(23)2)18-5-6-19-16(24)22-15-4-3-9-25-15/h3-4,7-10H,5-6H2,1-2H3,(H,18,20,21)(H2,19,22,24). The average Bonchev–Trinajstić information content (AvgIpc) is 3.22. The fourth-order valence-electron chi connectivity index (χ4n) is 2.26. The minimum atomic E-state index is -0.224. The zero-order valence-electron chi connectivity index (χ0n) is 14.0. The molecule has 3 aromatic rings. The summed E-state index contributed by atoms with van der Waals surface area (Å²) in [6, 6.07) is 5.37. The van der Waals surface area contributed by atoms with Gasteiger partial charge in [0.1, 0.15) is 23.3 Å². The molecule has 0 saturated carbocycles. The van der Waals surface area contributed by atoms with Gasteiger partial charge in [0.05, 0.1) is 5.00 Å². The first-order valence-electron chi connectivity index (χ1n) is 7.80. The van der Waals surface area contributed by atoms with Gasteiger partial charge in [-0.2, -0.15) is 0 Å². The molecule has 0 bridgehead atoms. The van der Waals surface area contributed by atoms with Crippen molar-refractivity contribution < 1.29 is 4.79 Å². The van der Waals surface area contributed by atoms with Crippen LogP contribution in [0.5, 0.6) is 0 Å². The molecule has 3 N–H and O–H groups in total. The molecular weight excluding hydrogens is 338 g/mol. The lowest BCUT2D eigenvalue weighted by molar-refractivity contribution is 0.252. The summed E-state index contributed by atoms with van der Waals surface area (Å²) in [6.45, 7) is 4.78. The molecular formula is C16H19N7OS. The van der Waals surface area contributed by atoms with Gasteiger partial charge in [-0.1, -0.05) is 0 Å². The van der Waals surface area contributed by atoms with Crippen LogP contribution in [0, 0.1) is 13.8 Å². The summed E-state index contributed by atoms with van der Waals surface area (Å²) in [4.78, 5) is 24.7. The zero-order chi connectivity index (χ0) is 17.6. The van der Waals surface area contributed by atoms with Crippen LogP contribution in [0.25, 0.3) is 5.82 Å². The second-order valence-corrected chi connectivity index (χ2v) is 6.24. The van der Waals surface area contributed by atoms with E-state index in [1.807, 2.05) is 48.2 Å². The normalized spacial score (nSPS) is 10.5. The first kappa shape index (κ1) is 16.9. The molecule has 25 heavy (non-hydrogen) atoms. The van der Waals surface area contributed by atoms with Gasteiger partial charge in [-0.25, -0.2) is 19.7 Å². The summed E-state index contributed by atoms with van der Waals surface area (Å²) in [5.74, 6) is 2.98. The lowest BCUT2D eigenvalue weighted by atomic mass is 10.4. The van der Waals surface area contributed by atoms with Gasteiger partial charge >= 0.3 is 6.03 Å². The van der Waals surface area contributed by atoms with E-state index in [0.717, 1.165) is 16.6 Å². The number of imidazole rings is 1. The van der Waals surface area contributed by atoms with E-state index in [0.29, 0.717) is 24.7 Å². The Labute approximate surface area is 149 Å². The molecule has 0 aliphatic rings. The SMILES string of the molecule is Cc1nc(NCCNC(=O)Nc2cccs2)cc(-n2ccnc2C)n1. The van der Waals surface area contributed by atoms with Crippen molar-refractivity contribution in [2.75, 3.05) is 23.7 Å². The number of urea groups is 1.